The summed E-state index contributed by atoms with van der Waals surface area (Å²) in [5.41, 5.74) is 0. The zero-order valence-corrected chi connectivity index (χ0v) is 31.6. The van der Waals surface area contributed by atoms with E-state index in [0.717, 1.165) is 25.6 Å². The first-order valence-corrected chi connectivity index (χ1v) is 22.2. The molecule has 0 atom stereocenters. The quantitative estimate of drug-likeness (QED) is 0.0385. The Morgan fingerprint density at radius 1 is 0.381 bits per heavy atom. The van der Waals surface area contributed by atoms with E-state index in [4.69, 9.17) is 12.8 Å². The van der Waals surface area contributed by atoms with Gasteiger partial charge in [0.05, 0.1) is 0 Å². The van der Waals surface area contributed by atoms with E-state index in [1.807, 2.05) is 0 Å². The molecular formula is C37H79O3SSi+. The van der Waals surface area contributed by atoms with Crippen molar-refractivity contribution in [2.24, 2.45) is 0 Å². The molecule has 0 unspecified atom stereocenters. The Balaban J connectivity index is 3.67. The molecule has 0 saturated heterocycles. The third-order valence-electron chi connectivity index (χ3n) is 8.48. The van der Waals surface area contributed by atoms with Gasteiger partial charge >= 0.3 is 11.5 Å². The predicted octanol–water partition coefficient (Wildman–Crippen LogP) is 12.4. The third-order valence-corrected chi connectivity index (χ3v) is 11.4. The summed E-state index contributed by atoms with van der Waals surface area (Å²) in [7, 11) is -0.334. The normalized spacial score (nSPS) is 12.0. The van der Waals surface area contributed by atoms with Crippen LogP contribution < -0.4 is 0 Å². The minimum absolute atomic E-state index is 0.297. The molecule has 0 heterocycles. The van der Waals surface area contributed by atoms with E-state index >= 15 is 0 Å². The van der Waals surface area contributed by atoms with Crippen molar-refractivity contribution in [3.8, 4) is 0 Å². The third kappa shape index (κ3) is 36.6. The van der Waals surface area contributed by atoms with Gasteiger partial charge in [-0.3, -0.25) is 0 Å². The second-order valence-electron chi connectivity index (χ2n) is 12.7. The smallest absolute Gasteiger partial charge is 0.314 e. The Morgan fingerprint density at radius 2 is 0.690 bits per heavy atom. The van der Waals surface area contributed by atoms with Crippen LogP contribution in [0.1, 0.15) is 207 Å². The summed E-state index contributed by atoms with van der Waals surface area (Å²) in [4.78, 5) is 0. The van der Waals surface area contributed by atoms with Gasteiger partial charge in [0.2, 0.25) is 0 Å². The van der Waals surface area contributed by atoms with E-state index in [1.54, 1.807) is 0 Å². The lowest BCUT2D eigenvalue weighted by Gasteiger charge is -2.07. The van der Waals surface area contributed by atoms with Gasteiger partial charge < -0.3 is 4.43 Å². The van der Waals surface area contributed by atoms with Crippen molar-refractivity contribution in [1.29, 1.82) is 0 Å². The first-order chi connectivity index (χ1) is 20.8. The molecule has 0 rings (SSSR count). The lowest BCUT2D eigenvalue weighted by atomic mass is 10.0. The molecule has 0 aromatic rings. The Morgan fingerprint density at radius 3 is 1.00 bits per heavy atom. The van der Waals surface area contributed by atoms with Crippen molar-refractivity contribution in [3.05, 3.63) is 0 Å². The predicted molar refractivity (Wildman–Crippen MR) is 194 cm³/mol. The number of hydrogen-bond donors (Lipinski definition) is 0. The summed E-state index contributed by atoms with van der Waals surface area (Å²) in [6, 6.07) is 1.25. The molecular weight excluding hydrogens is 553 g/mol. The Labute approximate surface area is 271 Å². The fourth-order valence-electron chi connectivity index (χ4n) is 5.62. The molecule has 42 heavy (non-hydrogen) atoms. The molecule has 0 amide bonds. The van der Waals surface area contributed by atoms with Gasteiger partial charge in [-0.05, 0) is 32.2 Å². The number of unbranched alkanes of at least 4 members (excludes halogenated alkanes) is 26. The van der Waals surface area contributed by atoms with E-state index in [-0.39, 0.29) is 21.2 Å². The lowest BCUT2D eigenvalue weighted by Crippen LogP contribution is -2.17. The fourth-order valence-corrected chi connectivity index (χ4v) is 8.28. The number of hydrogen-bond acceptors (Lipinski definition) is 3. The van der Waals surface area contributed by atoms with Gasteiger partial charge in [-0.15, -0.1) is 8.37 Å². The van der Waals surface area contributed by atoms with Gasteiger partial charge in [0.15, 0.2) is 15.5 Å². The van der Waals surface area contributed by atoms with Crippen molar-refractivity contribution >= 4 is 21.2 Å². The van der Waals surface area contributed by atoms with Crippen LogP contribution in [0.4, 0.5) is 0 Å². The molecule has 254 valence electrons. The topological polar surface area (TPSA) is 27.7 Å². The van der Waals surface area contributed by atoms with Crippen molar-refractivity contribution in [2.75, 3.05) is 25.6 Å². The first kappa shape index (κ1) is 42.4. The molecule has 0 aromatic heterocycles. The monoisotopic (exact) mass is 632 g/mol. The van der Waals surface area contributed by atoms with Gasteiger partial charge in [0.25, 0.3) is 0 Å². The maximum atomic E-state index is 6.26. The van der Waals surface area contributed by atoms with E-state index in [9.17, 15) is 0 Å². The zero-order chi connectivity index (χ0) is 30.4. The van der Waals surface area contributed by atoms with Crippen LogP contribution in [0.3, 0.4) is 0 Å². The summed E-state index contributed by atoms with van der Waals surface area (Å²) in [6.07, 6.45) is 40.5. The van der Waals surface area contributed by atoms with Gasteiger partial charge in [0, 0.05) is 6.61 Å². The summed E-state index contributed by atoms with van der Waals surface area (Å²) in [5.74, 6) is 1.07. The van der Waals surface area contributed by atoms with Crippen LogP contribution in [0.15, 0.2) is 0 Å². The van der Waals surface area contributed by atoms with Crippen LogP contribution in [0.25, 0.3) is 0 Å². The molecule has 0 aliphatic heterocycles. The summed E-state index contributed by atoms with van der Waals surface area (Å²) >= 11 is -0.297. The van der Waals surface area contributed by atoms with Crippen molar-refractivity contribution in [3.63, 3.8) is 0 Å². The largest absolute Gasteiger partial charge is 0.424 e. The van der Waals surface area contributed by atoms with Crippen molar-refractivity contribution in [1.82, 2.24) is 0 Å². The van der Waals surface area contributed by atoms with Crippen LogP contribution in [-0.4, -0.2) is 35.3 Å². The molecule has 0 saturated carbocycles. The minimum Gasteiger partial charge on any atom is -0.424 e. The molecule has 0 aliphatic rings. The standard InChI is InChI=1S/C37H79O3SSi/c1-4-7-9-11-13-15-17-19-21-23-25-27-29-31-34-38-41(36-33-37-42-40-6-3)39-35-32-30-28-26-24-22-20-18-16-14-12-10-8-5-2/h4-37,42H2,1-3H3/q+1. The molecule has 0 aliphatic carbocycles. The molecule has 0 aromatic carbocycles. The maximum Gasteiger partial charge on any atom is 0.314 e. The molecule has 5 heteroatoms. The lowest BCUT2D eigenvalue weighted by molar-refractivity contribution is 0.254. The van der Waals surface area contributed by atoms with E-state index in [0.29, 0.717) is 0 Å². The Hall–Kier alpha value is 0.447. The van der Waals surface area contributed by atoms with Gasteiger partial charge in [-0.2, -0.15) is 0 Å². The fraction of sp³-hybridized carbons (Fsp3) is 1.00. The van der Waals surface area contributed by atoms with Gasteiger partial charge in [0.1, 0.15) is 13.2 Å². The van der Waals surface area contributed by atoms with Crippen LogP contribution in [0.5, 0.6) is 0 Å². The van der Waals surface area contributed by atoms with E-state index in [1.165, 1.54) is 192 Å². The van der Waals surface area contributed by atoms with Gasteiger partial charge in [-0.1, -0.05) is 181 Å². The second-order valence-corrected chi connectivity index (χ2v) is 15.8. The van der Waals surface area contributed by atoms with Crippen LogP contribution in [0, 0.1) is 0 Å². The summed E-state index contributed by atoms with van der Waals surface area (Å²) in [6.45, 7) is 9.34. The number of rotatable bonds is 38. The summed E-state index contributed by atoms with van der Waals surface area (Å²) < 4.78 is 18.2. The average Bonchev–Trinajstić information content (AvgIpc) is 3.00. The van der Waals surface area contributed by atoms with Crippen molar-refractivity contribution < 1.29 is 12.8 Å². The maximum absolute atomic E-state index is 6.26. The average molecular weight is 632 g/mol. The Kier molecular flexibility index (Phi) is 39.9. The molecule has 0 N–H and O–H groups in total. The van der Waals surface area contributed by atoms with E-state index < -0.39 is 0 Å². The highest BCUT2D eigenvalue weighted by Crippen LogP contribution is 2.16. The van der Waals surface area contributed by atoms with Crippen LogP contribution in [0.2, 0.25) is 6.04 Å². The molecule has 0 bridgehead atoms. The molecule has 0 spiro atoms. The molecule has 0 fully saturated rings. The zero-order valence-electron chi connectivity index (χ0n) is 29.4. The second kappa shape index (κ2) is 39.5. The van der Waals surface area contributed by atoms with Gasteiger partial charge in [-0.25, -0.2) is 0 Å². The van der Waals surface area contributed by atoms with Crippen molar-refractivity contribution in [2.45, 2.75) is 213 Å². The highest BCUT2D eigenvalue weighted by molar-refractivity contribution is 7.87. The highest BCUT2D eigenvalue weighted by atomic mass is 32.2. The van der Waals surface area contributed by atoms with Crippen LogP contribution in [-0.2, 0) is 24.2 Å². The SMILES string of the molecule is CCCCCCCCCCCCCCCCO[S+](CCC[SiH2]OCC)OCCCCCCCCCCCCCCCC. The molecule has 0 radical (unpaired) electrons. The highest BCUT2D eigenvalue weighted by Gasteiger charge is 2.22. The summed E-state index contributed by atoms with van der Waals surface area (Å²) in [5, 5.41) is 0. The minimum atomic E-state index is -0.334. The Bertz CT molecular complexity index is 434. The first-order valence-electron chi connectivity index (χ1n) is 19.4. The van der Waals surface area contributed by atoms with Crippen LogP contribution >= 0.6 is 0 Å². The molecule has 3 nitrogen and oxygen atoms in total. The van der Waals surface area contributed by atoms with E-state index in [2.05, 4.69) is 20.8 Å².